The van der Waals surface area contributed by atoms with E-state index in [0.29, 0.717) is 31.9 Å². The number of carbonyl (C=O) groups is 2. The van der Waals surface area contributed by atoms with Gasteiger partial charge >= 0.3 is 7.12 Å². The summed E-state index contributed by atoms with van der Waals surface area (Å²) in [6, 6.07) is 0. The fraction of sp³-hybridized carbons (Fsp3) is 0.474. The second kappa shape index (κ2) is 9.72. The van der Waals surface area contributed by atoms with Crippen LogP contribution < -0.4 is 5.32 Å². The first kappa shape index (κ1) is 20.4. The van der Waals surface area contributed by atoms with Crippen LogP contribution >= 0.6 is 0 Å². The van der Waals surface area contributed by atoms with Crippen molar-refractivity contribution in [3.8, 4) is 0 Å². The standard InChI is InChI=1S/C19H25BN2O6/c23-18(6-8-22-9-11-27-10-7-19(22)24)21-17(20(25)26)12-14-13-28-16-5-3-1-2-4-15(14)16/h2-5,13,17,25-26H,1,6-12H2,(H,21,23). The van der Waals surface area contributed by atoms with E-state index in [4.69, 9.17) is 9.15 Å². The Morgan fingerprint density at radius 1 is 1.29 bits per heavy atom. The zero-order chi connectivity index (χ0) is 19.9. The predicted octanol–water partition coefficient (Wildman–Crippen LogP) is 0.388. The third-order valence-corrected chi connectivity index (χ3v) is 4.84. The molecule has 150 valence electrons. The summed E-state index contributed by atoms with van der Waals surface area (Å²) in [5.41, 5.74) is 1.67. The van der Waals surface area contributed by atoms with E-state index < -0.39 is 13.1 Å². The molecule has 0 radical (unpaired) electrons. The highest BCUT2D eigenvalue weighted by molar-refractivity contribution is 6.43. The van der Waals surface area contributed by atoms with Crippen molar-refractivity contribution in [1.29, 1.82) is 0 Å². The monoisotopic (exact) mass is 388 g/mol. The van der Waals surface area contributed by atoms with Crippen LogP contribution in [0, 0.1) is 0 Å². The lowest BCUT2D eigenvalue weighted by molar-refractivity contribution is -0.131. The van der Waals surface area contributed by atoms with Crippen molar-refractivity contribution in [2.45, 2.75) is 31.6 Å². The molecule has 1 unspecified atom stereocenters. The normalized spacial score (nSPS) is 17.6. The van der Waals surface area contributed by atoms with Gasteiger partial charge in [0.25, 0.3) is 0 Å². The van der Waals surface area contributed by atoms with Crippen LogP contribution in [-0.4, -0.2) is 66.1 Å². The number of amides is 2. The minimum absolute atomic E-state index is 0.0371. The number of allylic oxidation sites excluding steroid dienone is 2. The zero-order valence-corrected chi connectivity index (χ0v) is 15.7. The Hall–Kier alpha value is -2.36. The topological polar surface area (TPSA) is 112 Å². The Labute approximate surface area is 164 Å². The molecule has 0 saturated carbocycles. The Morgan fingerprint density at radius 2 is 2.11 bits per heavy atom. The number of carbonyl (C=O) groups excluding carboxylic acids is 2. The molecular weight excluding hydrogens is 363 g/mol. The van der Waals surface area contributed by atoms with E-state index in [1.54, 1.807) is 11.2 Å². The number of fused-ring (bicyclic) bond motifs is 1. The molecule has 1 aliphatic carbocycles. The van der Waals surface area contributed by atoms with Gasteiger partial charge in [-0.05, 0) is 24.5 Å². The molecule has 2 heterocycles. The smallest absolute Gasteiger partial charge is 0.464 e. The van der Waals surface area contributed by atoms with E-state index in [1.165, 1.54) is 0 Å². The number of hydrogen-bond donors (Lipinski definition) is 3. The summed E-state index contributed by atoms with van der Waals surface area (Å²) in [5.74, 6) is -0.549. The average Bonchev–Trinajstić information content (AvgIpc) is 2.83. The predicted molar refractivity (Wildman–Crippen MR) is 104 cm³/mol. The van der Waals surface area contributed by atoms with Gasteiger partial charge in [-0.15, -0.1) is 0 Å². The molecule has 28 heavy (non-hydrogen) atoms. The van der Waals surface area contributed by atoms with Crippen LogP contribution in [0.5, 0.6) is 0 Å². The summed E-state index contributed by atoms with van der Waals surface area (Å²) in [6.45, 7) is 1.59. The molecule has 2 aliphatic rings. The molecule has 0 bridgehead atoms. The number of ether oxygens (including phenoxy) is 1. The first-order valence-corrected chi connectivity index (χ1v) is 9.49. The Morgan fingerprint density at radius 3 is 2.93 bits per heavy atom. The average molecular weight is 388 g/mol. The molecule has 9 heteroatoms. The molecule has 1 saturated heterocycles. The maximum Gasteiger partial charge on any atom is 0.475 e. The van der Waals surface area contributed by atoms with E-state index in [1.807, 2.05) is 24.3 Å². The van der Waals surface area contributed by atoms with Crippen molar-refractivity contribution in [2.24, 2.45) is 0 Å². The van der Waals surface area contributed by atoms with E-state index in [9.17, 15) is 19.6 Å². The molecule has 0 aromatic carbocycles. The molecule has 3 N–H and O–H groups in total. The second-order valence-electron chi connectivity index (χ2n) is 6.86. The molecule has 1 atom stereocenters. The van der Waals surface area contributed by atoms with Crippen LogP contribution in [0.25, 0.3) is 12.2 Å². The van der Waals surface area contributed by atoms with Crippen LogP contribution in [0.4, 0.5) is 0 Å². The molecule has 0 spiro atoms. The summed E-state index contributed by atoms with van der Waals surface area (Å²) in [6.07, 6.45) is 10.8. The molecule has 1 aliphatic heterocycles. The van der Waals surface area contributed by atoms with Crippen molar-refractivity contribution in [2.75, 3.05) is 26.3 Å². The number of nitrogens with zero attached hydrogens (tertiary/aromatic N) is 1. The number of hydrogen-bond acceptors (Lipinski definition) is 6. The van der Waals surface area contributed by atoms with Gasteiger partial charge in [0.1, 0.15) is 5.76 Å². The SMILES string of the molecule is O=C(CCN1CCOCCC1=O)NC(Cc1coc2c1C=CCC=C2)B(O)O. The van der Waals surface area contributed by atoms with Gasteiger partial charge < -0.3 is 29.4 Å². The highest BCUT2D eigenvalue weighted by Gasteiger charge is 2.28. The van der Waals surface area contributed by atoms with Crippen molar-refractivity contribution < 1.29 is 28.8 Å². The Kier molecular flexibility index (Phi) is 7.08. The van der Waals surface area contributed by atoms with E-state index in [-0.39, 0.29) is 31.2 Å². The van der Waals surface area contributed by atoms with E-state index in [0.717, 1.165) is 17.5 Å². The summed E-state index contributed by atoms with van der Waals surface area (Å²) in [7, 11) is -1.71. The molecule has 1 aromatic heterocycles. The van der Waals surface area contributed by atoms with Gasteiger partial charge in [-0.1, -0.05) is 18.2 Å². The van der Waals surface area contributed by atoms with Crippen molar-refractivity contribution >= 4 is 31.1 Å². The summed E-state index contributed by atoms with van der Waals surface area (Å²) in [5, 5.41) is 22.1. The van der Waals surface area contributed by atoms with Gasteiger partial charge in [-0.25, -0.2) is 0 Å². The Bertz CT molecular complexity index is 758. The zero-order valence-electron chi connectivity index (χ0n) is 15.7. The quantitative estimate of drug-likeness (QED) is 0.583. The highest BCUT2D eigenvalue weighted by Crippen LogP contribution is 2.24. The fourth-order valence-corrected chi connectivity index (χ4v) is 3.27. The van der Waals surface area contributed by atoms with Crippen molar-refractivity contribution in [1.82, 2.24) is 10.2 Å². The first-order valence-electron chi connectivity index (χ1n) is 9.49. The van der Waals surface area contributed by atoms with Gasteiger partial charge in [0.05, 0.1) is 31.8 Å². The van der Waals surface area contributed by atoms with E-state index >= 15 is 0 Å². The maximum absolute atomic E-state index is 12.3. The lowest BCUT2D eigenvalue weighted by Crippen LogP contribution is -2.48. The van der Waals surface area contributed by atoms with Crippen LogP contribution in [0.2, 0.25) is 0 Å². The molecule has 1 aromatic rings. The van der Waals surface area contributed by atoms with Gasteiger partial charge in [-0.3, -0.25) is 9.59 Å². The third-order valence-electron chi connectivity index (χ3n) is 4.84. The minimum atomic E-state index is -1.71. The lowest BCUT2D eigenvalue weighted by atomic mass is 9.75. The highest BCUT2D eigenvalue weighted by atomic mass is 16.5. The molecule has 8 nitrogen and oxygen atoms in total. The lowest BCUT2D eigenvalue weighted by Gasteiger charge is -2.21. The molecule has 2 amide bonds. The van der Waals surface area contributed by atoms with Gasteiger partial charge in [-0.2, -0.15) is 0 Å². The maximum atomic E-state index is 12.3. The van der Waals surface area contributed by atoms with Crippen molar-refractivity contribution in [3.63, 3.8) is 0 Å². The molecular formula is C19H25BN2O6. The summed E-state index contributed by atoms with van der Waals surface area (Å²) < 4.78 is 10.8. The largest absolute Gasteiger partial charge is 0.475 e. The van der Waals surface area contributed by atoms with Crippen LogP contribution in [0.3, 0.4) is 0 Å². The summed E-state index contributed by atoms with van der Waals surface area (Å²) >= 11 is 0. The molecule has 3 rings (SSSR count). The minimum Gasteiger partial charge on any atom is -0.464 e. The van der Waals surface area contributed by atoms with Crippen molar-refractivity contribution in [3.05, 3.63) is 35.3 Å². The first-order chi connectivity index (χ1) is 13.5. The molecule has 1 fully saturated rings. The van der Waals surface area contributed by atoms with Gasteiger partial charge in [0.15, 0.2) is 0 Å². The van der Waals surface area contributed by atoms with Crippen LogP contribution in [0.15, 0.2) is 22.8 Å². The fourth-order valence-electron chi connectivity index (χ4n) is 3.27. The van der Waals surface area contributed by atoms with Gasteiger partial charge in [0.2, 0.25) is 11.8 Å². The van der Waals surface area contributed by atoms with E-state index in [2.05, 4.69) is 5.32 Å². The second-order valence-corrected chi connectivity index (χ2v) is 6.86. The Balaban J connectivity index is 1.57. The third kappa shape index (κ3) is 5.34. The number of furan rings is 1. The number of rotatable bonds is 7. The van der Waals surface area contributed by atoms with Crippen LogP contribution in [0.1, 0.15) is 36.1 Å². The van der Waals surface area contributed by atoms with Crippen LogP contribution in [-0.2, 0) is 20.7 Å². The van der Waals surface area contributed by atoms with Gasteiger partial charge in [0, 0.05) is 25.1 Å². The number of nitrogens with one attached hydrogen (secondary N) is 1. The summed E-state index contributed by atoms with van der Waals surface area (Å²) in [4.78, 5) is 25.9.